The second-order valence-electron chi connectivity index (χ2n) is 6.03. The number of hydrogen-bond donors (Lipinski definition) is 2. The highest BCUT2D eigenvalue weighted by Crippen LogP contribution is 2.38. The fraction of sp³-hybridized carbons (Fsp3) is 0.278. The first-order valence-corrected chi connectivity index (χ1v) is 8.88. The van der Waals surface area contributed by atoms with Gasteiger partial charge in [0.1, 0.15) is 11.5 Å². The van der Waals surface area contributed by atoms with Gasteiger partial charge in [-0.1, -0.05) is 23.9 Å². The first-order valence-electron chi connectivity index (χ1n) is 7.89. The Labute approximate surface area is 149 Å². The molecule has 1 aliphatic heterocycles. The molecule has 130 valence electrons. The van der Waals surface area contributed by atoms with Crippen LogP contribution in [0.25, 0.3) is 11.1 Å². The molecule has 0 unspecified atom stereocenters. The van der Waals surface area contributed by atoms with Crippen molar-refractivity contribution in [3.63, 3.8) is 0 Å². The fourth-order valence-electron chi connectivity index (χ4n) is 2.83. The van der Waals surface area contributed by atoms with Crippen LogP contribution >= 0.6 is 11.8 Å². The van der Waals surface area contributed by atoms with E-state index in [1.54, 1.807) is 37.5 Å². The Bertz CT molecular complexity index is 837. The van der Waals surface area contributed by atoms with Gasteiger partial charge in [-0.25, -0.2) is 4.39 Å². The number of rotatable bonds is 3. The van der Waals surface area contributed by atoms with E-state index in [1.165, 1.54) is 17.8 Å². The van der Waals surface area contributed by atoms with Crippen LogP contribution < -0.4 is 11.1 Å². The monoisotopic (exact) mass is 358 g/mol. The molecule has 7 heteroatoms. The number of carbonyl (C=O) groups excluding carboxylic acids is 1. The van der Waals surface area contributed by atoms with Gasteiger partial charge in [0.2, 0.25) is 0 Å². The predicted octanol–water partition coefficient (Wildman–Crippen LogP) is 2.91. The maximum atomic E-state index is 14.5. The van der Waals surface area contributed by atoms with Crippen LogP contribution in [0.5, 0.6) is 0 Å². The summed E-state index contributed by atoms with van der Waals surface area (Å²) in [7, 11) is 1.56. The number of pyridine rings is 1. The molecule has 0 fully saturated rings. The number of carbonyl (C=O) groups is 1. The summed E-state index contributed by atoms with van der Waals surface area (Å²) in [5.74, 6) is 0.255. The minimum atomic E-state index is -0.676. The molecule has 0 aliphatic carbocycles. The standard InChI is InChI=1S/C18H19FN4OS/c1-18(7-8-25-17(20)23-18)13-9-11(3-5-14(13)19)12-4-6-15(22-10-12)16(24)21-2/h3-6,9-10H,7-8H2,1-2H3,(H2,20,23)(H,21,24)/t18-/m0/s1. The van der Waals surface area contributed by atoms with Crippen molar-refractivity contribution in [2.75, 3.05) is 12.8 Å². The van der Waals surface area contributed by atoms with Gasteiger partial charge in [0.05, 0.1) is 5.54 Å². The zero-order valence-corrected chi connectivity index (χ0v) is 14.9. The number of nitrogens with two attached hydrogens (primary N) is 1. The van der Waals surface area contributed by atoms with Gasteiger partial charge < -0.3 is 11.1 Å². The van der Waals surface area contributed by atoms with E-state index in [2.05, 4.69) is 15.3 Å². The van der Waals surface area contributed by atoms with Gasteiger partial charge in [0.25, 0.3) is 5.91 Å². The number of benzene rings is 1. The van der Waals surface area contributed by atoms with Gasteiger partial charge in [0, 0.05) is 30.1 Å². The number of halogens is 1. The number of aliphatic imine (C=N–C) groups is 1. The van der Waals surface area contributed by atoms with Crippen molar-refractivity contribution in [2.45, 2.75) is 18.9 Å². The highest BCUT2D eigenvalue weighted by Gasteiger charge is 2.32. The van der Waals surface area contributed by atoms with Crippen LogP contribution in [0.4, 0.5) is 4.39 Å². The minimum Gasteiger partial charge on any atom is -0.379 e. The molecule has 0 saturated carbocycles. The predicted molar refractivity (Wildman–Crippen MR) is 99.1 cm³/mol. The number of thioether (sulfide) groups is 1. The van der Waals surface area contributed by atoms with Crippen LogP contribution in [0.2, 0.25) is 0 Å². The van der Waals surface area contributed by atoms with Crippen LogP contribution in [-0.4, -0.2) is 28.9 Å². The molecule has 5 nitrogen and oxygen atoms in total. The van der Waals surface area contributed by atoms with Crippen molar-refractivity contribution in [3.8, 4) is 11.1 Å². The molecule has 1 aromatic carbocycles. The summed E-state index contributed by atoms with van der Waals surface area (Å²) in [6.07, 6.45) is 2.32. The third-order valence-electron chi connectivity index (χ3n) is 4.30. The van der Waals surface area contributed by atoms with Gasteiger partial charge in [-0.3, -0.25) is 14.8 Å². The summed E-state index contributed by atoms with van der Waals surface area (Å²) in [5.41, 5.74) is 7.65. The Morgan fingerprint density at radius 3 is 2.72 bits per heavy atom. The van der Waals surface area contributed by atoms with E-state index < -0.39 is 5.54 Å². The van der Waals surface area contributed by atoms with Crippen molar-refractivity contribution in [1.29, 1.82) is 0 Å². The molecular formula is C18H19FN4OS. The summed E-state index contributed by atoms with van der Waals surface area (Å²) in [6.45, 7) is 1.90. The van der Waals surface area contributed by atoms with Crippen LogP contribution in [0.15, 0.2) is 41.5 Å². The number of nitrogens with zero attached hydrogens (tertiary/aromatic N) is 2. The molecule has 1 aliphatic rings. The largest absolute Gasteiger partial charge is 0.379 e. The van der Waals surface area contributed by atoms with Crippen molar-refractivity contribution in [3.05, 3.63) is 53.6 Å². The second kappa shape index (κ2) is 6.84. The highest BCUT2D eigenvalue weighted by molar-refractivity contribution is 8.13. The van der Waals surface area contributed by atoms with Crippen molar-refractivity contribution >= 4 is 22.8 Å². The average Bonchev–Trinajstić information content (AvgIpc) is 2.61. The quantitative estimate of drug-likeness (QED) is 0.884. The lowest BCUT2D eigenvalue weighted by Gasteiger charge is -2.30. The maximum absolute atomic E-state index is 14.5. The van der Waals surface area contributed by atoms with Crippen molar-refractivity contribution in [1.82, 2.24) is 10.3 Å². The molecule has 0 spiro atoms. The van der Waals surface area contributed by atoms with Gasteiger partial charge in [-0.15, -0.1) is 0 Å². The Morgan fingerprint density at radius 2 is 2.08 bits per heavy atom. The number of hydrogen-bond acceptors (Lipinski definition) is 5. The van der Waals surface area contributed by atoms with Crippen LogP contribution in [0.1, 0.15) is 29.4 Å². The van der Waals surface area contributed by atoms with Gasteiger partial charge in [0.15, 0.2) is 5.17 Å². The van der Waals surface area contributed by atoms with Gasteiger partial charge in [-0.05, 0) is 37.1 Å². The minimum absolute atomic E-state index is 0.247. The summed E-state index contributed by atoms with van der Waals surface area (Å²) >= 11 is 1.49. The third kappa shape index (κ3) is 3.51. The van der Waals surface area contributed by atoms with E-state index in [-0.39, 0.29) is 11.7 Å². The molecule has 3 N–H and O–H groups in total. The van der Waals surface area contributed by atoms with Crippen LogP contribution in [0, 0.1) is 5.82 Å². The Balaban J connectivity index is 2.00. The van der Waals surface area contributed by atoms with E-state index in [1.807, 2.05) is 6.92 Å². The number of aromatic nitrogens is 1. The van der Waals surface area contributed by atoms with E-state index in [4.69, 9.17) is 5.73 Å². The first kappa shape index (κ1) is 17.4. The van der Waals surface area contributed by atoms with Crippen molar-refractivity contribution < 1.29 is 9.18 Å². The molecule has 3 rings (SSSR count). The third-order valence-corrected chi connectivity index (χ3v) is 5.09. The molecule has 0 saturated heterocycles. The van der Waals surface area contributed by atoms with Gasteiger partial charge >= 0.3 is 0 Å². The Morgan fingerprint density at radius 1 is 1.32 bits per heavy atom. The lowest BCUT2D eigenvalue weighted by atomic mass is 9.87. The zero-order valence-electron chi connectivity index (χ0n) is 14.0. The lowest BCUT2D eigenvalue weighted by Crippen LogP contribution is -2.29. The first-order chi connectivity index (χ1) is 11.9. The van der Waals surface area contributed by atoms with Crippen LogP contribution in [-0.2, 0) is 5.54 Å². The fourth-order valence-corrected chi connectivity index (χ4v) is 3.80. The zero-order chi connectivity index (χ0) is 18.0. The summed E-state index contributed by atoms with van der Waals surface area (Å²) in [6, 6.07) is 8.37. The molecule has 1 amide bonds. The van der Waals surface area contributed by atoms with E-state index >= 15 is 0 Å². The normalized spacial score (nSPS) is 20.0. The van der Waals surface area contributed by atoms with Crippen LogP contribution in [0.3, 0.4) is 0 Å². The highest BCUT2D eigenvalue weighted by atomic mass is 32.2. The number of amidine groups is 1. The summed E-state index contributed by atoms with van der Waals surface area (Å²) < 4.78 is 14.5. The summed E-state index contributed by atoms with van der Waals surface area (Å²) in [5, 5.41) is 3.01. The lowest BCUT2D eigenvalue weighted by molar-refractivity contribution is 0.0958. The molecule has 0 radical (unpaired) electrons. The molecule has 2 heterocycles. The maximum Gasteiger partial charge on any atom is 0.269 e. The van der Waals surface area contributed by atoms with E-state index in [0.717, 1.165) is 16.9 Å². The molecule has 1 aromatic heterocycles. The van der Waals surface area contributed by atoms with Gasteiger partial charge in [-0.2, -0.15) is 0 Å². The van der Waals surface area contributed by atoms with Crippen molar-refractivity contribution in [2.24, 2.45) is 10.7 Å². The van der Waals surface area contributed by atoms with E-state index in [9.17, 15) is 9.18 Å². The molecule has 25 heavy (non-hydrogen) atoms. The molecule has 0 bridgehead atoms. The second-order valence-corrected chi connectivity index (χ2v) is 7.14. The summed E-state index contributed by atoms with van der Waals surface area (Å²) in [4.78, 5) is 20.2. The average molecular weight is 358 g/mol. The smallest absolute Gasteiger partial charge is 0.269 e. The topological polar surface area (TPSA) is 80.4 Å². The Kier molecular flexibility index (Phi) is 4.76. The molecule has 1 atom stereocenters. The van der Waals surface area contributed by atoms with E-state index in [0.29, 0.717) is 22.8 Å². The molecular weight excluding hydrogens is 339 g/mol. The number of amides is 1. The number of nitrogens with one attached hydrogen (secondary N) is 1. The SMILES string of the molecule is CNC(=O)c1ccc(-c2ccc(F)c([C@]3(C)CCSC(N)=N3)c2)cn1. The Hall–Kier alpha value is -2.41. The molecule has 2 aromatic rings.